The third-order valence-corrected chi connectivity index (χ3v) is 9.99. The monoisotopic (exact) mass is 794 g/mol. The number of hydrogen-bond acceptors (Lipinski definition) is 17. The molecular formula is C38H66O17. The van der Waals surface area contributed by atoms with Gasteiger partial charge in [-0.1, -0.05) is 69.2 Å². The van der Waals surface area contributed by atoms with Crippen molar-refractivity contribution in [2.24, 2.45) is 29.6 Å². The van der Waals surface area contributed by atoms with Gasteiger partial charge in [-0.2, -0.15) is 0 Å². The highest BCUT2D eigenvalue weighted by Crippen LogP contribution is 2.25. The molecule has 0 heterocycles. The summed E-state index contributed by atoms with van der Waals surface area (Å²) in [6.07, 6.45) is -13.6. The topological polar surface area (TPSA) is 259 Å². The van der Waals surface area contributed by atoms with Crippen LogP contribution in [-0.4, -0.2) is 129 Å². The van der Waals surface area contributed by atoms with Crippen LogP contribution in [0.5, 0.6) is 0 Å². The maximum absolute atomic E-state index is 13.8. The van der Waals surface area contributed by atoms with Crippen LogP contribution in [-0.2, 0) is 57.2 Å². The molecule has 0 rings (SSSR count). The predicted octanol–water partition coefficient (Wildman–Crippen LogP) is 1.77. The van der Waals surface area contributed by atoms with E-state index in [9.17, 15) is 49.2 Å². The molecule has 17 nitrogen and oxygen atoms in total. The predicted molar refractivity (Wildman–Crippen MR) is 194 cm³/mol. The first-order chi connectivity index (χ1) is 25.7. The minimum Gasteiger partial charge on any atom is -0.454 e. The van der Waals surface area contributed by atoms with Gasteiger partial charge in [0.1, 0.15) is 18.3 Å². The Hall–Kier alpha value is -3.38. The summed E-state index contributed by atoms with van der Waals surface area (Å²) in [6, 6.07) is 0. The molecule has 14 atom stereocenters. The SMILES string of the molecule is CC[C@@H](C)[C@H](OC(=O)[C@@H](OC(=O)[C@@H](OC(=O)[C@@H](OC(C)=O)[C@@H](C)CC)[C@@H](C)CC)[C@H](C)CC)C(=O)O[C@H](C(=O)O[C@H](CO)[C@H](O)[C@H](O)[C@H](O)CO)[C@H](C)CC. The molecule has 0 bridgehead atoms. The second-order valence-corrected chi connectivity index (χ2v) is 14.3. The molecule has 17 heteroatoms. The van der Waals surface area contributed by atoms with Crippen molar-refractivity contribution in [3.63, 3.8) is 0 Å². The fraction of sp³-hybridized carbons (Fsp3) is 0.842. The number of carbonyl (C=O) groups excluding carboxylic acids is 6. The van der Waals surface area contributed by atoms with Gasteiger partial charge in [0.25, 0.3) is 0 Å². The first kappa shape index (κ1) is 51.6. The fourth-order valence-electron chi connectivity index (χ4n) is 4.99. The second kappa shape index (κ2) is 25.7. The summed E-state index contributed by atoms with van der Waals surface area (Å²) in [5.74, 6) is -9.28. The normalized spacial score (nSPS) is 19.2. The lowest BCUT2D eigenvalue weighted by atomic mass is 9.98. The number of esters is 6. The Balaban J connectivity index is 6.43. The summed E-state index contributed by atoms with van der Waals surface area (Å²) in [4.78, 5) is 79.3. The number of carbonyl (C=O) groups is 6. The Morgan fingerprint density at radius 1 is 0.418 bits per heavy atom. The van der Waals surface area contributed by atoms with E-state index in [1.165, 1.54) is 0 Å². The van der Waals surface area contributed by atoms with Gasteiger partial charge >= 0.3 is 35.8 Å². The van der Waals surface area contributed by atoms with Gasteiger partial charge in [-0.05, 0) is 32.1 Å². The lowest BCUT2D eigenvalue weighted by molar-refractivity contribution is -0.199. The van der Waals surface area contributed by atoms with Crippen molar-refractivity contribution in [1.29, 1.82) is 0 Å². The van der Waals surface area contributed by atoms with Crippen LogP contribution >= 0.6 is 0 Å². The van der Waals surface area contributed by atoms with Crippen molar-refractivity contribution in [2.75, 3.05) is 13.2 Å². The van der Waals surface area contributed by atoms with E-state index in [1.807, 2.05) is 0 Å². The summed E-state index contributed by atoms with van der Waals surface area (Å²) >= 11 is 0. The van der Waals surface area contributed by atoms with Gasteiger partial charge in [0, 0.05) is 36.5 Å². The zero-order chi connectivity index (χ0) is 42.7. The molecule has 0 fully saturated rings. The van der Waals surface area contributed by atoms with Gasteiger partial charge < -0.3 is 54.0 Å². The molecule has 0 aliphatic carbocycles. The summed E-state index contributed by atoms with van der Waals surface area (Å²) in [5.41, 5.74) is 0. The van der Waals surface area contributed by atoms with Crippen molar-refractivity contribution in [2.45, 2.75) is 163 Å². The zero-order valence-electron chi connectivity index (χ0n) is 34.2. The van der Waals surface area contributed by atoms with Gasteiger partial charge in [-0.25, -0.2) is 24.0 Å². The number of ether oxygens (including phenoxy) is 6. The van der Waals surface area contributed by atoms with E-state index in [2.05, 4.69) is 0 Å². The van der Waals surface area contributed by atoms with E-state index >= 15 is 0 Å². The van der Waals surface area contributed by atoms with Crippen LogP contribution < -0.4 is 0 Å². The molecule has 0 saturated carbocycles. The van der Waals surface area contributed by atoms with Crippen LogP contribution in [0, 0.1) is 29.6 Å². The van der Waals surface area contributed by atoms with Crippen LogP contribution in [0.15, 0.2) is 0 Å². The molecule has 0 aromatic heterocycles. The lowest BCUT2D eigenvalue weighted by Gasteiger charge is -2.31. The first-order valence-electron chi connectivity index (χ1n) is 19.2. The quantitative estimate of drug-likeness (QED) is 0.0617. The van der Waals surface area contributed by atoms with Crippen molar-refractivity contribution in [3.05, 3.63) is 0 Å². The first-order valence-corrected chi connectivity index (χ1v) is 19.2. The van der Waals surface area contributed by atoms with Crippen LogP contribution in [0.3, 0.4) is 0 Å². The van der Waals surface area contributed by atoms with E-state index < -0.39 is 134 Å². The Bertz CT molecular complexity index is 1210. The number of hydrogen-bond donors (Lipinski definition) is 5. The van der Waals surface area contributed by atoms with Crippen molar-refractivity contribution in [3.8, 4) is 0 Å². The zero-order valence-corrected chi connectivity index (χ0v) is 34.2. The summed E-state index contributed by atoms with van der Waals surface area (Å²) in [5, 5.41) is 49.0. The summed E-state index contributed by atoms with van der Waals surface area (Å²) < 4.78 is 32.8. The molecule has 0 radical (unpaired) electrons. The molecule has 0 aliphatic rings. The molecule has 0 unspecified atom stereocenters. The van der Waals surface area contributed by atoms with Crippen molar-refractivity contribution >= 4 is 35.8 Å². The van der Waals surface area contributed by atoms with Crippen LogP contribution in [0.1, 0.15) is 108 Å². The van der Waals surface area contributed by atoms with E-state index in [0.717, 1.165) is 6.92 Å². The van der Waals surface area contributed by atoms with Gasteiger partial charge in [0.2, 0.25) is 30.5 Å². The molecular weight excluding hydrogens is 728 g/mol. The average molecular weight is 795 g/mol. The molecule has 0 saturated heterocycles. The van der Waals surface area contributed by atoms with E-state index in [1.54, 1.807) is 69.2 Å². The molecule has 5 N–H and O–H groups in total. The molecule has 0 aliphatic heterocycles. The highest BCUT2D eigenvalue weighted by atomic mass is 16.7. The Kier molecular flexibility index (Phi) is 24.1. The smallest absolute Gasteiger partial charge is 0.348 e. The van der Waals surface area contributed by atoms with E-state index in [4.69, 9.17) is 33.5 Å². The maximum atomic E-state index is 13.8. The Labute approximate surface area is 324 Å². The minimum atomic E-state index is -2.03. The van der Waals surface area contributed by atoms with E-state index in [0.29, 0.717) is 19.3 Å². The molecule has 55 heavy (non-hydrogen) atoms. The van der Waals surface area contributed by atoms with Gasteiger partial charge in [0.05, 0.1) is 13.2 Å². The van der Waals surface area contributed by atoms with Crippen LogP contribution in [0.2, 0.25) is 0 Å². The van der Waals surface area contributed by atoms with E-state index in [-0.39, 0.29) is 12.8 Å². The second-order valence-electron chi connectivity index (χ2n) is 14.3. The van der Waals surface area contributed by atoms with Crippen LogP contribution in [0.25, 0.3) is 0 Å². The Morgan fingerprint density at radius 2 is 0.673 bits per heavy atom. The number of aliphatic hydroxyl groups is 5. The van der Waals surface area contributed by atoms with Crippen LogP contribution in [0.4, 0.5) is 0 Å². The minimum absolute atomic E-state index is 0.270. The molecule has 320 valence electrons. The third kappa shape index (κ3) is 15.9. The average Bonchev–Trinajstić information content (AvgIpc) is 3.17. The molecule has 0 spiro atoms. The standard InChI is InChI=1S/C38H66O17/c1-12-19(6)29(50-24(11)41)35(46)53-31(21(8)14-3)37(48)55-33(23(10)16-5)38(49)54-32(22(9)15-4)36(47)52-30(20(7)13-2)34(45)51-26(18-40)28(44)27(43)25(42)17-39/h19-23,25-33,39-40,42-44H,12-18H2,1-11H3/t19-,20+,21-,22+,23+,25+,26+,27+,28-,29-,30-,31-,32-,33-/m0/s1. The highest BCUT2D eigenvalue weighted by Gasteiger charge is 2.43. The van der Waals surface area contributed by atoms with Gasteiger partial charge in [-0.15, -0.1) is 0 Å². The summed E-state index contributed by atoms with van der Waals surface area (Å²) in [7, 11) is 0. The molecule has 0 amide bonds. The van der Waals surface area contributed by atoms with Gasteiger partial charge in [0.15, 0.2) is 6.10 Å². The highest BCUT2D eigenvalue weighted by molar-refractivity contribution is 5.87. The number of rotatable bonds is 26. The maximum Gasteiger partial charge on any atom is 0.348 e. The summed E-state index contributed by atoms with van der Waals surface area (Å²) in [6.45, 7) is 15.9. The number of aliphatic hydroxyl groups excluding tert-OH is 5. The lowest BCUT2D eigenvalue weighted by Crippen LogP contribution is -2.50. The fourth-order valence-corrected chi connectivity index (χ4v) is 4.99. The largest absolute Gasteiger partial charge is 0.454 e. The Morgan fingerprint density at radius 3 is 0.891 bits per heavy atom. The molecule has 0 aromatic rings. The van der Waals surface area contributed by atoms with Crippen molar-refractivity contribution < 1.29 is 82.7 Å². The molecule has 0 aromatic carbocycles. The third-order valence-electron chi connectivity index (χ3n) is 9.99. The van der Waals surface area contributed by atoms with Crippen molar-refractivity contribution in [1.82, 2.24) is 0 Å². The van der Waals surface area contributed by atoms with Gasteiger partial charge in [-0.3, -0.25) is 4.79 Å².